The molecule has 0 saturated carbocycles. The van der Waals surface area contributed by atoms with Gasteiger partial charge >= 0.3 is 0 Å². The molecule has 104 valence electrons. The molecule has 0 spiro atoms. The number of hydrogen-bond donors (Lipinski definition) is 0. The van der Waals surface area contributed by atoms with Crippen LogP contribution in [0.15, 0.2) is 60.7 Å². The van der Waals surface area contributed by atoms with E-state index >= 15 is 0 Å². The molecule has 0 unspecified atom stereocenters. The summed E-state index contributed by atoms with van der Waals surface area (Å²) in [6, 6.07) is 20.6. The first-order chi connectivity index (χ1) is 9.75. The van der Waals surface area contributed by atoms with Crippen LogP contribution in [0.5, 0.6) is 0 Å². The lowest BCUT2D eigenvalue weighted by Crippen LogP contribution is -2.28. The van der Waals surface area contributed by atoms with Crippen molar-refractivity contribution >= 4 is 0 Å². The van der Waals surface area contributed by atoms with Crippen molar-refractivity contribution in [3.05, 3.63) is 71.8 Å². The molecule has 1 nitrogen and oxygen atoms in total. The number of benzene rings is 2. The second-order valence-corrected chi connectivity index (χ2v) is 5.61. The van der Waals surface area contributed by atoms with E-state index in [0.717, 1.165) is 12.1 Å². The van der Waals surface area contributed by atoms with Gasteiger partial charge in [-0.25, -0.2) is 4.39 Å². The normalized spacial score (nSPS) is 26.8. The fourth-order valence-electron chi connectivity index (χ4n) is 3.22. The van der Waals surface area contributed by atoms with Crippen LogP contribution in [0.4, 0.5) is 4.39 Å². The Bertz CT molecular complexity index is 540. The fourth-order valence-corrected chi connectivity index (χ4v) is 3.22. The SMILES string of the molecule is C[C@H]1[C@H](c2ccccc2)[C@@H](F)CN1Cc1ccccc1. The van der Waals surface area contributed by atoms with Crippen molar-refractivity contribution in [2.45, 2.75) is 31.6 Å². The van der Waals surface area contributed by atoms with E-state index in [1.807, 2.05) is 48.5 Å². The summed E-state index contributed by atoms with van der Waals surface area (Å²) in [7, 11) is 0. The first-order valence-corrected chi connectivity index (χ1v) is 7.22. The molecular formula is C18H20FN. The minimum Gasteiger partial charge on any atom is -0.293 e. The van der Waals surface area contributed by atoms with Gasteiger partial charge in [0.1, 0.15) is 6.17 Å². The molecule has 1 heterocycles. The summed E-state index contributed by atoms with van der Waals surface area (Å²) >= 11 is 0. The molecule has 1 saturated heterocycles. The van der Waals surface area contributed by atoms with Crippen LogP contribution in [0.3, 0.4) is 0 Å². The maximum absolute atomic E-state index is 14.4. The van der Waals surface area contributed by atoms with E-state index in [0.29, 0.717) is 6.54 Å². The minimum absolute atomic E-state index is 0.0140. The van der Waals surface area contributed by atoms with Crippen LogP contribution in [0.25, 0.3) is 0 Å². The number of rotatable bonds is 3. The zero-order valence-corrected chi connectivity index (χ0v) is 11.7. The molecule has 2 heteroatoms. The van der Waals surface area contributed by atoms with Gasteiger partial charge in [-0.3, -0.25) is 4.90 Å². The first-order valence-electron chi connectivity index (χ1n) is 7.22. The standard InChI is InChI=1S/C18H20FN/c1-14-18(16-10-6-3-7-11-16)17(19)13-20(14)12-15-8-4-2-5-9-15/h2-11,14,17-18H,12-13H2,1H3/t14-,17-,18+/m0/s1. The first kappa shape index (κ1) is 13.3. The van der Waals surface area contributed by atoms with E-state index in [1.54, 1.807) is 0 Å². The van der Waals surface area contributed by atoms with Crippen molar-refractivity contribution in [2.24, 2.45) is 0 Å². The van der Waals surface area contributed by atoms with Crippen LogP contribution in [0.1, 0.15) is 24.0 Å². The Morgan fingerprint density at radius 1 is 1.00 bits per heavy atom. The summed E-state index contributed by atoms with van der Waals surface area (Å²) < 4.78 is 14.4. The Kier molecular flexibility index (Phi) is 3.83. The average Bonchev–Trinajstić information content (AvgIpc) is 2.75. The van der Waals surface area contributed by atoms with Crippen LogP contribution in [-0.2, 0) is 6.54 Å². The highest BCUT2D eigenvalue weighted by Crippen LogP contribution is 2.36. The summed E-state index contributed by atoms with van der Waals surface area (Å²) in [5, 5.41) is 0. The largest absolute Gasteiger partial charge is 0.293 e. The molecule has 0 radical (unpaired) electrons. The van der Waals surface area contributed by atoms with E-state index in [9.17, 15) is 4.39 Å². The molecule has 0 amide bonds. The lowest BCUT2D eigenvalue weighted by Gasteiger charge is -2.24. The lowest BCUT2D eigenvalue weighted by atomic mass is 9.91. The van der Waals surface area contributed by atoms with Crippen molar-refractivity contribution in [1.82, 2.24) is 4.90 Å². The second-order valence-electron chi connectivity index (χ2n) is 5.61. The van der Waals surface area contributed by atoms with Gasteiger partial charge < -0.3 is 0 Å². The second kappa shape index (κ2) is 5.76. The predicted octanol–water partition coefficient (Wildman–Crippen LogP) is 4.01. The molecule has 1 aliphatic heterocycles. The minimum atomic E-state index is -0.781. The van der Waals surface area contributed by atoms with Gasteiger partial charge in [-0.2, -0.15) is 0 Å². The summed E-state index contributed by atoms with van der Waals surface area (Å²) in [4.78, 5) is 2.25. The Morgan fingerprint density at radius 2 is 1.60 bits per heavy atom. The molecule has 1 fully saturated rings. The maximum atomic E-state index is 14.4. The molecule has 2 aromatic carbocycles. The molecule has 0 N–H and O–H groups in total. The Hall–Kier alpha value is -1.67. The van der Waals surface area contributed by atoms with Crippen molar-refractivity contribution in [3.8, 4) is 0 Å². The molecule has 3 atom stereocenters. The van der Waals surface area contributed by atoms with Gasteiger partial charge in [-0.15, -0.1) is 0 Å². The van der Waals surface area contributed by atoms with Gasteiger partial charge in [-0.1, -0.05) is 60.7 Å². The number of halogens is 1. The number of likely N-dealkylation sites (tertiary alicyclic amines) is 1. The molecular weight excluding hydrogens is 249 g/mol. The Morgan fingerprint density at radius 3 is 2.25 bits per heavy atom. The predicted molar refractivity (Wildman–Crippen MR) is 80.4 cm³/mol. The molecule has 0 aliphatic carbocycles. The van der Waals surface area contributed by atoms with Gasteiger partial charge in [0.05, 0.1) is 0 Å². The third kappa shape index (κ3) is 2.61. The molecule has 2 aromatic rings. The third-order valence-corrected chi connectivity index (χ3v) is 4.31. The van der Waals surface area contributed by atoms with Gasteiger partial charge in [0.2, 0.25) is 0 Å². The molecule has 20 heavy (non-hydrogen) atoms. The average molecular weight is 269 g/mol. The highest BCUT2D eigenvalue weighted by atomic mass is 19.1. The van der Waals surface area contributed by atoms with Crippen molar-refractivity contribution in [2.75, 3.05) is 6.54 Å². The van der Waals surface area contributed by atoms with Crippen LogP contribution in [-0.4, -0.2) is 23.7 Å². The van der Waals surface area contributed by atoms with Crippen molar-refractivity contribution < 1.29 is 4.39 Å². The van der Waals surface area contributed by atoms with Gasteiger partial charge in [0, 0.05) is 25.0 Å². The number of alkyl halides is 1. The van der Waals surface area contributed by atoms with Crippen LogP contribution < -0.4 is 0 Å². The number of nitrogens with zero attached hydrogens (tertiary/aromatic N) is 1. The van der Waals surface area contributed by atoms with Gasteiger partial charge in [-0.05, 0) is 18.1 Å². The smallest absolute Gasteiger partial charge is 0.121 e. The molecule has 0 aromatic heterocycles. The fraction of sp³-hybridized carbons (Fsp3) is 0.333. The van der Waals surface area contributed by atoms with E-state index in [1.165, 1.54) is 5.56 Å². The maximum Gasteiger partial charge on any atom is 0.121 e. The van der Waals surface area contributed by atoms with E-state index in [4.69, 9.17) is 0 Å². The van der Waals surface area contributed by atoms with Crippen molar-refractivity contribution in [1.29, 1.82) is 0 Å². The van der Waals surface area contributed by atoms with Crippen LogP contribution in [0.2, 0.25) is 0 Å². The summed E-state index contributed by atoms with van der Waals surface area (Å²) in [6.07, 6.45) is -0.781. The van der Waals surface area contributed by atoms with E-state index < -0.39 is 6.17 Å². The summed E-state index contributed by atoms with van der Waals surface area (Å²) in [5.74, 6) is -0.0140. The Balaban J connectivity index is 1.77. The number of hydrogen-bond acceptors (Lipinski definition) is 1. The quantitative estimate of drug-likeness (QED) is 0.813. The zero-order valence-electron chi connectivity index (χ0n) is 11.7. The van der Waals surface area contributed by atoms with Crippen molar-refractivity contribution in [3.63, 3.8) is 0 Å². The third-order valence-electron chi connectivity index (χ3n) is 4.31. The van der Waals surface area contributed by atoms with Gasteiger partial charge in [0.25, 0.3) is 0 Å². The molecule has 1 aliphatic rings. The van der Waals surface area contributed by atoms with Gasteiger partial charge in [0.15, 0.2) is 0 Å². The summed E-state index contributed by atoms with van der Waals surface area (Å²) in [5.41, 5.74) is 2.36. The van der Waals surface area contributed by atoms with Crippen LogP contribution in [0, 0.1) is 0 Å². The lowest BCUT2D eigenvalue weighted by molar-refractivity contribution is 0.244. The highest BCUT2D eigenvalue weighted by Gasteiger charge is 2.39. The monoisotopic (exact) mass is 269 g/mol. The summed E-state index contributed by atoms with van der Waals surface area (Å²) in [6.45, 7) is 3.49. The topological polar surface area (TPSA) is 3.24 Å². The zero-order chi connectivity index (χ0) is 13.9. The Labute approximate surface area is 120 Å². The highest BCUT2D eigenvalue weighted by molar-refractivity contribution is 5.25. The molecule has 3 rings (SSSR count). The van der Waals surface area contributed by atoms with Crippen LogP contribution >= 0.6 is 0 Å². The van der Waals surface area contributed by atoms with E-state index in [2.05, 4.69) is 24.0 Å². The van der Waals surface area contributed by atoms with E-state index in [-0.39, 0.29) is 12.0 Å². The molecule has 0 bridgehead atoms.